The minimum atomic E-state index is -0.962. The first-order valence-corrected chi connectivity index (χ1v) is 5.52. The molecule has 1 aromatic carbocycles. The fraction of sp³-hybridized carbons (Fsp3) is 0.182. The highest BCUT2D eigenvalue weighted by molar-refractivity contribution is 6.45. The molecule has 1 aromatic heterocycles. The molecule has 0 saturated carbocycles. The molecule has 0 aliphatic rings. The lowest BCUT2D eigenvalue weighted by Gasteiger charge is -2.03. The van der Waals surface area contributed by atoms with Crippen LogP contribution in [0.3, 0.4) is 0 Å². The smallest absolute Gasteiger partial charge is 0.337 e. The summed E-state index contributed by atoms with van der Waals surface area (Å²) in [7, 11) is 0. The molecule has 2 rings (SSSR count). The molecule has 0 radical (unpaired) electrons. The van der Waals surface area contributed by atoms with Crippen LogP contribution in [-0.4, -0.2) is 15.6 Å². The van der Waals surface area contributed by atoms with Gasteiger partial charge >= 0.3 is 5.97 Å². The van der Waals surface area contributed by atoms with Gasteiger partial charge in [-0.1, -0.05) is 29.3 Å². The molecule has 0 aliphatic carbocycles. The zero-order valence-electron chi connectivity index (χ0n) is 8.50. The summed E-state index contributed by atoms with van der Waals surface area (Å²) in [6.07, 6.45) is 1.58. The molecule has 1 N–H and O–H groups in total. The van der Waals surface area contributed by atoms with E-state index in [-0.39, 0.29) is 5.56 Å². The molecule has 0 fully saturated rings. The lowest BCUT2D eigenvalue weighted by Crippen LogP contribution is -1.94. The van der Waals surface area contributed by atoms with Gasteiger partial charge in [0.2, 0.25) is 0 Å². The predicted molar refractivity (Wildman–Crippen MR) is 64.6 cm³/mol. The van der Waals surface area contributed by atoms with Crippen LogP contribution in [-0.2, 0) is 6.54 Å². The van der Waals surface area contributed by atoms with E-state index in [4.69, 9.17) is 28.3 Å². The second-order valence-electron chi connectivity index (χ2n) is 3.39. The summed E-state index contributed by atoms with van der Waals surface area (Å²) in [4.78, 5) is 11.1. The van der Waals surface area contributed by atoms with Crippen LogP contribution in [0, 0.1) is 0 Å². The molecule has 2 aromatic rings. The van der Waals surface area contributed by atoms with Crippen LogP contribution in [0.5, 0.6) is 0 Å². The van der Waals surface area contributed by atoms with E-state index in [9.17, 15) is 4.79 Å². The van der Waals surface area contributed by atoms with Crippen molar-refractivity contribution in [1.29, 1.82) is 0 Å². The maximum atomic E-state index is 11.1. The van der Waals surface area contributed by atoms with Crippen molar-refractivity contribution in [3.05, 3.63) is 33.9 Å². The molecular weight excluding hydrogens is 249 g/mol. The van der Waals surface area contributed by atoms with Crippen LogP contribution in [0.25, 0.3) is 10.9 Å². The lowest BCUT2D eigenvalue weighted by atomic mass is 10.2. The van der Waals surface area contributed by atoms with E-state index in [2.05, 4.69) is 0 Å². The Balaban J connectivity index is 2.90. The first kappa shape index (κ1) is 11.3. The van der Waals surface area contributed by atoms with Crippen LogP contribution in [0.1, 0.15) is 17.3 Å². The number of aromatic nitrogens is 1. The minimum absolute atomic E-state index is 0.246. The van der Waals surface area contributed by atoms with Gasteiger partial charge in [-0.25, -0.2) is 4.79 Å². The monoisotopic (exact) mass is 257 g/mol. The topological polar surface area (TPSA) is 42.2 Å². The number of aromatic carboxylic acids is 1. The van der Waals surface area contributed by atoms with Crippen LogP contribution in [0.2, 0.25) is 10.0 Å². The molecule has 1 heterocycles. The Morgan fingerprint density at radius 2 is 2.12 bits per heavy atom. The Morgan fingerprint density at radius 3 is 2.69 bits per heavy atom. The van der Waals surface area contributed by atoms with Gasteiger partial charge in [0.05, 0.1) is 21.1 Å². The molecule has 3 nitrogen and oxygen atoms in total. The molecular formula is C11H9Cl2NO2. The third-order valence-electron chi connectivity index (χ3n) is 2.50. The van der Waals surface area contributed by atoms with Crippen molar-refractivity contribution in [3.8, 4) is 0 Å². The number of carbonyl (C=O) groups is 1. The summed E-state index contributed by atoms with van der Waals surface area (Å²) < 4.78 is 1.78. The fourth-order valence-electron chi connectivity index (χ4n) is 1.75. The minimum Gasteiger partial charge on any atom is -0.478 e. The number of benzene rings is 1. The average Bonchev–Trinajstić information content (AvgIpc) is 2.62. The largest absolute Gasteiger partial charge is 0.478 e. The van der Waals surface area contributed by atoms with Crippen molar-refractivity contribution >= 4 is 40.1 Å². The van der Waals surface area contributed by atoms with Gasteiger partial charge < -0.3 is 9.67 Å². The number of carboxylic acids is 1. The Labute approximate surface area is 102 Å². The van der Waals surface area contributed by atoms with Crippen LogP contribution >= 0.6 is 23.2 Å². The van der Waals surface area contributed by atoms with E-state index in [1.807, 2.05) is 6.92 Å². The van der Waals surface area contributed by atoms with Gasteiger partial charge in [0.15, 0.2) is 0 Å². The number of nitrogens with zero attached hydrogens (tertiary/aromatic N) is 1. The summed E-state index contributed by atoms with van der Waals surface area (Å²) in [5.41, 5.74) is 0.921. The molecule has 16 heavy (non-hydrogen) atoms. The molecule has 84 valence electrons. The van der Waals surface area contributed by atoms with Crippen molar-refractivity contribution in [2.24, 2.45) is 0 Å². The molecule has 0 atom stereocenters. The highest BCUT2D eigenvalue weighted by Crippen LogP contribution is 2.33. The molecule has 0 unspecified atom stereocenters. The van der Waals surface area contributed by atoms with E-state index in [1.165, 1.54) is 0 Å². The zero-order valence-corrected chi connectivity index (χ0v) is 10.0. The number of halogens is 2. The summed E-state index contributed by atoms with van der Waals surface area (Å²) in [5.74, 6) is -0.962. The second-order valence-corrected chi connectivity index (χ2v) is 4.18. The number of aryl methyl sites for hydroxylation is 1. The van der Waals surface area contributed by atoms with Crippen molar-refractivity contribution in [1.82, 2.24) is 4.57 Å². The summed E-state index contributed by atoms with van der Waals surface area (Å²) in [6, 6.07) is 3.29. The van der Waals surface area contributed by atoms with E-state index >= 15 is 0 Å². The van der Waals surface area contributed by atoms with Gasteiger partial charge in [-0.15, -0.1) is 0 Å². The van der Waals surface area contributed by atoms with Crippen molar-refractivity contribution in [2.75, 3.05) is 0 Å². The summed E-state index contributed by atoms with van der Waals surface area (Å²) in [6.45, 7) is 2.56. The van der Waals surface area contributed by atoms with E-state index in [0.717, 1.165) is 0 Å². The molecule has 0 spiro atoms. The van der Waals surface area contributed by atoms with Gasteiger partial charge in [0, 0.05) is 18.1 Å². The van der Waals surface area contributed by atoms with Crippen molar-refractivity contribution < 1.29 is 9.90 Å². The van der Waals surface area contributed by atoms with Gasteiger partial charge in [-0.3, -0.25) is 0 Å². The maximum Gasteiger partial charge on any atom is 0.337 e. The van der Waals surface area contributed by atoms with Gasteiger partial charge in [0.1, 0.15) is 0 Å². The second kappa shape index (κ2) is 4.00. The normalized spacial score (nSPS) is 10.9. The number of carboxylic acid groups (broad SMARTS) is 1. The maximum absolute atomic E-state index is 11.1. The average molecular weight is 258 g/mol. The Morgan fingerprint density at radius 1 is 1.44 bits per heavy atom. The highest BCUT2D eigenvalue weighted by Gasteiger charge is 2.16. The zero-order chi connectivity index (χ0) is 11.9. The quantitative estimate of drug-likeness (QED) is 0.892. The Hall–Kier alpha value is -1.19. The lowest BCUT2D eigenvalue weighted by molar-refractivity contribution is 0.0699. The summed E-state index contributed by atoms with van der Waals surface area (Å²) >= 11 is 12.0. The molecule has 0 saturated heterocycles. The SMILES string of the molecule is CCn1cc(C(=O)O)c2ccc(Cl)c(Cl)c21. The molecule has 0 amide bonds. The number of fused-ring (bicyclic) bond motifs is 1. The molecule has 0 bridgehead atoms. The fourth-order valence-corrected chi connectivity index (χ4v) is 2.17. The molecule has 5 heteroatoms. The molecule has 0 aliphatic heterocycles. The third kappa shape index (κ3) is 1.56. The van der Waals surface area contributed by atoms with E-state index in [0.29, 0.717) is 27.5 Å². The van der Waals surface area contributed by atoms with Gasteiger partial charge in [-0.05, 0) is 13.0 Å². The number of hydrogen-bond acceptors (Lipinski definition) is 1. The predicted octanol–water partition coefficient (Wildman–Crippen LogP) is 3.67. The van der Waals surface area contributed by atoms with E-state index in [1.54, 1.807) is 22.9 Å². The van der Waals surface area contributed by atoms with Crippen LogP contribution < -0.4 is 0 Å². The third-order valence-corrected chi connectivity index (χ3v) is 3.30. The highest BCUT2D eigenvalue weighted by atomic mass is 35.5. The van der Waals surface area contributed by atoms with E-state index < -0.39 is 5.97 Å². The Kier molecular flexibility index (Phi) is 2.82. The van der Waals surface area contributed by atoms with Crippen molar-refractivity contribution in [2.45, 2.75) is 13.5 Å². The first-order chi connectivity index (χ1) is 7.56. The van der Waals surface area contributed by atoms with Gasteiger partial charge in [-0.2, -0.15) is 0 Å². The van der Waals surface area contributed by atoms with Gasteiger partial charge in [0.25, 0.3) is 0 Å². The number of hydrogen-bond donors (Lipinski definition) is 1. The van der Waals surface area contributed by atoms with Crippen molar-refractivity contribution in [3.63, 3.8) is 0 Å². The Bertz CT molecular complexity index is 575. The number of rotatable bonds is 2. The van der Waals surface area contributed by atoms with Crippen LogP contribution in [0.4, 0.5) is 0 Å². The first-order valence-electron chi connectivity index (χ1n) is 4.76. The standard InChI is InChI=1S/C11H9Cl2NO2/c1-2-14-5-7(11(15)16)6-3-4-8(12)9(13)10(6)14/h3-5H,2H2,1H3,(H,15,16). The van der Waals surface area contributed by atoms with Crippen LogP contribution in [0.15, 0.2) is 18.3 Å². The summed E-state index contributed by atoms with van der Waals surface area (Å²) in [5, 5.41) is 10.5.